The van der Waals surface area contributed by atoms with Gasteiger partial charge in [0.15, 0.2) is 17.4 Å². The normalized spacial score (nSPS) is 10.3. The van der Waals surface area contributed by atoms with E-state index in [0.717, 1.165) is 12.1 Å². The maximum atomic E-state index is 13.3. The Balaban J connectivity index is 2.61. The van der Waals surface area contributed by atoms with Gasteiger partial charge in [0.2, 0.25) is 0 Å². The average Bonchev–Trinajstić information content (AvgIpc) is 2.41. The molecule has 0 aliphatic rings. The van der Waals surface area contributed by atoms with Gasteiger partial charge in [-0.05, 0) is 42.8 Å². The summed E-state index contributed by atoms with van der Waals surface area (Å²) in [4.78, 5) is 11.4. The van der Waals surface area contributed by atoms with E-state index in [4.69, 9.17) is 4.74 Å². The number of hydrogen-bond acceptors (Lipinski definition) is 2. The lowest BCUT2D eigenvalue weighted by Gasteiger charge is -2.10. The van der Waals surface area contributed by atoms with Crippen molar-refractivity contribution in [3.05, 3.63) is 53.6 Å². The van der Waals surface area contributed by atoms with Crippen LogP contribution in [-0.4, -0.2) is 12.9 Å². The summed E-state index contributed by atoms with van der Waals surface area (Å²) in [6.45, 7) is 1.44. The Kier molecular flexibility index (Phi) is 3.60. The van der Waals surface area contributed by atoms with Crippen LogP contribution in [0.4, 0.5) is 8.78 Å². The molecule has 2 nitrogen and oxygen atoms in total. The number of ether oxygens (including phenoxy) is 1. The summed E-state index contributed by atoms with van der Waals surface area (Å²) in [5, 5.41) is 0. The summed E-state index contributed by atoms with van der Waals surface area (Å²) in [5.41, 5.74) is 1.49. The molecular weight excluding hydrogens is 250 g/mol. The number of ketones is 1. The lowest BCUT2D eigenvalue weighted by molar-refractivity contribution is 0.101. The van der Waals surface area contributed by atoms with Gasteiger partial charge in [0.1, 0.15) is 5.75 Å². The van der Waals surface area contributed by atoms with Crippen molar-refractivity contribution in [3.63, 3.8) is 0 Å². The first kappa shape index (κ1) is 13.2. The quantitative estimate of drug-likeness (QED) is 0.785. The fourth-order valence-electron chi connectivity index (χ4n) is 1.82. The Morgan fingerprint density at radius 1 is 1.05 bits per heavy atom. The van der Waals surface area contributed by atoms with Crippen LogP contribution in [0.3, 0.4) is 0 Å². The Morgan fingerprint density at radius 2 is 1.79 bits per heavy atom. The third-order valence-electron chi connectivity index (χ3n) is 2.84. The summed E-state index contributed by atoms with van der Waals surface area (Å²) < 4.78 is 31.4. The highest BCUT2D eigenvalue weighted by atomic mass is 19.2. The van der Waals surface area contributed by atoms with Gasteiger partial charge in [-0.1, -0.05) is 6.07 Å². The predicted molar refractivity (Wildman–Crippen MR) is 68.4 cm³/mol. The molecular formula is C15H12F2O2. The summed E-state index contributed by atoms with van der Waals surface area (Å²) >= 11 is 0. The fraction of sp³-hybridized carbons (Fsp3) is 0.133. The molecule has 0 bridgehead atoms. The van der Waals surface area contributed by atoms with E-state index < -0.39 is 11.6 Å². The molecule has 0 aromatic heterocycles. The van der Waals surface area contributed by atoms with Crippen LogP contribution in [0.2, 0.25) is 0 Å². The van der Waals surface area contributed by atoms with Gasteiger partial charge in [-0.2, -0.15) is 0 Å². The Morgan fingerprint density at radius 3 is 2.37 bits per heavy atom. The van der Waals surface area contributed by atoms with E-state index in [1.165, 1.54) is 20.1 Å². The number of carbonyl (C=O) groups is 1. The Hall–Kier alpha value is -2.23. The molecule has 0 N–H and O–H groups in total. The van der Waals surface area contributed by atoms with Gasteiger partial charge in [0.05, 0.1) is 7.11 Å². The minimum absolute atomic E-state index is 0.105. The molecule has 0 heterocycles. The molecule has 0 atom stereocenters. The highest BCUT2D eigenvalue weighted by molar-refractivity contribution is 5.96. The molecule has 2 rings (SSSR count). The van der Waals surface area contributed by atoms with Gasteiger partial charge in [-0.3, -0.25) is 4.79 Å². The van der Waals surface area contributed by atoms with E-state index in [1.807, 2.05) is 0 Å². The molecule has 0 amide bonds. The SMILES string of the molecule is COc1ccc(C(C)=O)cc1-c1ccc(F)c(F)c1. The Labute approximate surface area is 109 Å². The molecule has 0 spiro atoms. The van der Waals surface area contributed by atoms with Crippen molar-refractivity contribution in [3.8, 4) is 16.9 Å². The minimum Gasteiger partial charge on any atom is -0.496 e. The maximum Gasteiger partial charge on any atom is 0.159 e. The second-order valence-electron chi connectivity index (χ2n) is 4.10. The van der Waals surface area contributed by atoms with Gasteiger partial charge in [-0.15, -0.1) is 0 Å². The molecule has 4 heteroatoms. The number of hydrogen-bond donors (Lipinski definition) is 0. The van der Waals surface area contributed by atoms with E-state index in [2.05, 4.69) is 0 Å². The third-order valence-corrected chi connectivity index (χ3v) is 2.84. The fourth-order valence-corrected chi connectivity index (χ4v) is 1.82. The molecule has 0 saturated heterocycles. The van der Waals surface area contributed by atoms with Crippen molar-refractivity contribution in [2.45, 2.75) is 6.92 Å². The number of rotatable bonds is 3. The van der Waals surface area contributed by atoms with Crippen LogP contribution in [0.1, 0.15) is 17.3 Å². The second-order valence-corrected chi connectivity index (χ2v) is 4.10. The summed E-state index contributed by atoms with van der Waals surface area (Å²) in [6.07, 6.45) is 0. The molecule has 0 aliphatic heterocycles. The molecule has 0 radical (unpaired) electrons. The zero-order valence-corrected chi connectivity index (χ0v) is 10.5. The first-order valence-electron chi connectivity index (χ1n) is 5.67. The highest BCUT2D eigenvalue weighted by Gasteiger charge is 2.11. The lowest BCUT2D eigenvalue weighted by atomic mass is 10.0. The molecule has 0 aliphatic carbocycles. The number of benzene rings is 2. The van der Waals surface area contributed by atoms with Crippen molar-refractivity contribution in [1.29, 1.82) is 0 Å². The summed E-state index contributed by atoms with van der Waals surface area (Å²) in [7, 11) is 1.48. The van der Waals surface area contributed by atoms with E-state index in [-0.39, 0.29) is 5.78 Å². The van der Waals surface area contributed by atoms with Crippen molar-refractivity contribution in [1.82, 2.24) is 0 Å². The lowest BCUT2D eigenvalue weighted by Crippen LogP contribution is -1.96. The molecule has 0 saturated carbocycles. The van der Waals surface area contributed by atoms with Crippen molar-refractivity contribution < 1.29 is 18.3 Å². The van der Waals surface area contributed by atoms with Gasteiger partial charge in [0, 0.05) is 11.1 Å². The maximum absolute atomic E-state index is 13.3. The molecule has 98 valence electrons. The van der Waals surface area contributed by atoms with E-state index >= 15 is 0 Å². The number of Topliss-reactive ketones (excluding diaryl/α,β-unsaturated/α-hetero) is 1. The number of halogens is 2. The first-order valence-corrected chi connectivity index (χ1v) is 5.67. The molecule has 0 fully saturated rings. The Bertz CT molecular complexity index is 636. The molecule has 2 aromatic carbocycles. The summed E-state index contributed by atoms with van der Waals surface area (Å²) in [6, 6.07) is 8.44. The first-order chi connectivity index (χ1) is 9.02. The van der Waals surface area contributed by atoms with E-state index in [1.54, 1.807) is 18.2 Å². The average molecular weight is 262 g/mol. The van der Waals surface area contributed by atoms with Crippen molar-refractivity contribution >= 4 is 5.78 Å². The van der Waals surface area contributed by atoms with Gasteiger partial charge < -0.3 is 4.74 Å². The van der Waals surface area contributed by atoms with Gasteiger partial charge >= 0.3 is 0 Å². The minimum atomic E-state index is -0.937. The zero-order valence-electron chi connectivity index (χ0n) is 10.5. The van der Waals surface area contributed by atoms with Crippen LogP contribution in [-0.2, 0) is 0 Å². The van der Waals surface area contributed by atoms with Gasteiger partial charge in [0.25, 0.3) is 0 Å². The van der Waals surface area contributed by atoms with Crippen molar-refractivity contribution in [2.24, 2.45) is 0 Å². The number of carbonyl (C=O) groups excluding carboxylic acids is 1. The van der Waals surface area contributed by atoms with Crippen LogP contribution in [0, 0.1) is 11.6 Å². The van der Waals surface area contributed by atoms with Crippen LogP contribution in [0.15, 0.2) is 36.4 Å². The highest BCUT2D eigenvalue weighted by Crippen LogP contribution is 2.31. The second kappa shape index (κ2) is 5.18. The van der Waals surface area contributed by atoms with Crippen LogP contribution in [0.5, 0.6) is 5.75 Å². The smallest absolute Gasteiger partial charge is 0.159 e. The standard InChI is InChI=1S/C15H12F2O2/c1-9(18)10-4-6-15(19-2)12(7-10)11-3-5-13(16)14(17)8-11/h3-8H,1-2H3. The molecule has 19 heavy (non-hydrogen) atoms. The molecule has 2 aromatic rings. The van der Waals surface area contributed by atoms with E-state index in [9.17, 15) is 13.6 Å². The van der Waals surface area contributed by atoms with E-state index in [0.29, 0.717) is 22.4 Å². The van der Waals surface area contributed by atoms with Crippen LogP contribution < -0.4 is 4.74 Å². The number of methoxy groups -OCH3 is 1. The largest absolute Gasteiger partial charge is 0.496 e. The third kappa shape index (κ3) is 2.62. The topological polar surface area (TPSA) is 26.3 Å². The van der Waals surface area contributed by atoms with Crippen molar-refractivity contribution in [2.75, 3.05) is 7.11 Å². The zero-order chi connectivity index (χ0) is 14.0. The monoisotopic (exact) mass is 262 g/mol. The van der Waals surface area contributed by atoms with Crippen LogP contribution >= 0.6 is 0 Å². The molecule has 0 unspecified atom stereocenters. The summed E-state index contributed by atoms with van der Waals surface area (Å²) in [5.74, 6) is -1.46. The van der Waals surface area contributed by atoms with Gasteiger partial charge in [-0.25, -0.2) is 8.78 Å². The predicted octanol–water partition coefficient (Wildman–Crippen LogP) is 3.84. The van der Waals surface area contributed by atoms with Crippen LogP contribution in [0.25, 0.3) is 11.1 Å².